The van der Waals surface area contributed by atoms with E-state index in [0.717, 1.165) is 5.69 Å². The second-order valence-corrected chi connectivity index (χ2v) is 6.33. The van der Waals surface area contributed by atoms with Gasteiger partial charge in [-0.1, -0.05) is 18.7 Å². The molecule has 0 saturated heterocycles. The molecule has 1 aliphatic rings. The molecule has 30 heavy (non-hydrogen) atoms. The summed E-state index contributed by atoms with van der Waals surface area (Å²) < 4.78 is 5.13. The third-order valence-corrected chi connectivity index (χ3v) is 4.40. The van der Waals surface area contributed by atoms with Gasteiger partial charge in [0.25, 0.3) is 5.91 Å². The number of rotatable bonds is 7. The van der Waals surface area contributed by atoms with Gasteiger partial charge in [0.05, 0.1) is 23.4 Å². The average molecular weight is 401 g/mol. The summed E-state index contributed by atoms with van der Waals surface area (Å²) in [7, 11) is 0. The van der Waals surface area contributed by atoms with Crippen LogP contribution in [0.4, 0.5) is 5.69 Å². The van der Waals surface area contributed by atoms with E-state index in [1.807, 2.05) is 17.9 Å². The summed E-state index contributed by atoms with van der Waals surface area (Å²) in [6.07, 6.45) is 0. The number of likely N-dealkylation sites (N-methyl/N-ethyl adjacent to an activating group) is 1. The maximum Gasteiger partial charge on any atom is 0.333 e. The normalized spacial score (nSPS) is 12.4. The number of nitriles is 3. The van der Waals surface area contributed by atoms with Crippen LogP contribution in [0.2, 0.25) is 0 Å². The van der Waals surface area contributed by atoms with E-state index in [2.05, 4.69) is 11.9 Å². The highest BCUT2D eigenvalue weighted by Crippen LogP contribution is 2.31. The number of hydrogen-bond donors (Lipinski definition) is 1. The molecule has 1 aromatic rings. The Morgan fingerprint density at radius 3 is 2.33 bits per heavy atom. The number of ether oxygens (including phenoxy) is 1. The Morgan fingerprint density at radius 1 is 1.20 bits per heavy atom. The number of allylic oxidation sites excluding steroid dienone is 2. The predicted molar refractivity (Wildman–Crippen MR) is 109 cm³/mol. The monoisotopic (exact) mass is 401 g/mol. The number of amides is 1. The lowest BCUT2D eigenvalue weighted by Crippen LogP contribution is -2.28. The SMILES string of the molecule is C=C(C)C(=O)OCCN(CC)c1ccc(C2=C(C#N)C(=C(C#N)C#N)NC2=O)cc1. The van der Waals surface area contributed by atoms with Crippen LogP contribution < -0.4 is 10.2 Å². The first-order valence-corrected chi connectivity index (χ1v) is 9.06. The number of carbonyl (C=O) groups excluding carboxylic acids is 2. The molecule has 0 radical (unpaired) electrons. The predicted octanol–water partition coefficient (Wildman–Crippen LogP) is 2.34. The Kier molecular flexibility index (Phi) is 7.11. The fourth-order valence-corrected chi connectivity index (χ4v) is 2.87. The molecule has 150 valence electrons. The Balaban J connectivity index is 2.28. The highest BCUT2D eigenvalue weighted by molar-refractivity contribution is 6.26. The largest absolute Gasteiger partial charge is 0.460 e. The number of benzene rings is 1. The van der Waals surface area contributed by atoms with Crippen LogP contribution in [0.1, 0.15) is 19.4 Å². The van der Waals surface area contributed by atoms with Gasteiger partial charge < -0.3 is 15.0 Å². The van der Waals surface area contributed by atoms with Crippen molar-refractivity contribution >= 4 is 23.1 Å². The van der Waals surface area contributed by atoms with Gasteiger partial charge in [-0.2, -0.15) is 15.8 Å². The number of hydrogen-bond acceptors (Lipinski definition) is 7. The summed E-state index contributed by atoms with van der Waals surface area (Å²) in [5, 5.41) is 30.0. The third-order valence-electron chi connectivity index (χ3n) is 4.40. The molecular formula is C22H19N5O3. The molecule has 0 atom stereocenters. The van der Waals surface area contributed by atoms with Gasteiger partial charge in [-0.05, 0) is 31.5 Å². The van der Waals surface area contributed by atoms with Gasteiger partial charge in [0, 0.05) is 17.8 Å². The second kappa shape index (κ2) is 9.73. The third kappa shape index (κ3) is 4.55. The summed E-state index contributed by atoms with van der Waals surface area (Å²) >= 11 is 0. The Hall–Kier alpha value is -4.35. The van der Waals surface area contributed by atoms with Crippen molar-refractivity contribution in [1.29, 1.82) is 15.8 Å². The molecule has 0 fully saturated rings. The van der Waals surface area contributed by atoms with Gasteiger partial charge in [0.2, 0.25) is 0 Å². The Morgan fingerprint density at radius 2 is 1.83 bits per heavy atom. The summed E-state index contributed by atoms with van der Waals surface area (Å²) in [5.41, 5.74) is 1.35. The van der Waals surface area contributed by atoms with Gasteiger partial charge in [-0.3, -0.25) is 4.79 Å². The van der Waals surface area contributed by atoms with Crippen molar-refractivity contribution in [2.45, 2.75) is 13.8 Å². The van der Waals surface area contributed by atoms with E-state index in [1.54, 1.807) is 43.3 Å². The van der Waals surface area contributed by atoms with Crippen molar-refractivity contribution < 1.29 is 14.3 Å². The number of carbonyl (C=O) groups is 2. The molecule has 0 bridgehead atoms. The van der Waals surface area contributed by atoms with Crippen molar-refractivity contribution in [3.8, 4) is 18.2 Å². The highest BCUT2D eigenvalue weighted by atomic mass is 16.5. The number of anilines is 1. The van der Waals surface area contributed by atoms with Crippen molar-refractivity contribution in [3.63, 3.8) is 0 Å². The van der Waals surface area contributed by atoms with Gasteiger partial charge >= 0.3 is 5.97 Å². The van der Waals surface area contributed by atoms with Gasteiger partial charge in [-0.25, -0.2) is 4.79 Å². The summed E-state index contributed by atoms with van der Waals surface area (Å²) in [6.45, 7) is 8.42. The van der Waals surface area contributed by atoms with Crippen LogP contribution >= 0.6 is 0 Å². The van der Waals surface area contributed by atoms with E-state index in [-0.39, 0.29) is 29.0 Å². The van der Waals surface area contributed by atoms with Crippen LogP contribution in [0.25, 0.3) is 5.57 Å². The van der Waals surface area contributed by atoms with Gasteiger partial charge in [0.15, 0.2) is 5.57 Å². The number of nitrogens with one attached hydrogen (secondary N) is 1. The van der Waals surface area contributed by atoms with Gasteiger partial charge in [-0.15, -0.1) is 0 Å². The van der Waals surface area contributed by atoms with E-state index in [1.165, 1.54) is 0 Å². The average Bonchev–Trinajstić information content (AvgIpc) is 3.08. The first-order valence-electron chi connectivity index (χ1n) is 9.06. The molecule has 0 spiro atoms. The molecule has 0 unspecified atom stereocenters. The zero-order valence-electron chi connectivity index (χ0n) is 16.7. The minimum atomic E-state index is -0.545. The maximum atomic E-state index is 12.4. The fourth-order valence-electron chi connectivity index (χ4n) is 2.87. The molecule has 1 heterocycles. The van der Waals surface area contributed by atoms with Crippen LogP contribution in [-0.4, -0.2) is 31.6 Å². The van der Waals surface area contributed by atoms with Crippen molar-refractivity contribution in [3.05, 3.63) is 58.8 Å². The van der Waals surface area contributed by atoms with E-state index < -0.39 is 11.9 Å². The zero-order valence-corrected chi connectivity index (χ0v) is 16.7. The first-order chi connectivity index (χ1) is 14.4. The van der Waals surface area contributed by atoms with Gasteiger partial charge in [0.1, 0.15) is 24.8 Å². The van der Waals surface area contributed by atoms with Crippen LogP contribution in [-0.2, 0) is 14.3 Å². The quantitative estimate of drug-likeness (QED) is 0.421. The second-order valence-electron chi connectivity index (χ2n) is 6.33. The number of nitrogens with zero attached hydrogens (tertiary/aromatic N) is 4. The Bertz CT molecular complexity index is 1060. The van der Waals surface area contributed by atoms with E-state index in [4.69, 9.17) is 15.3 Å². The topological polar surface area (TPSA) is 130 Å². The Labute approximate surface area is 174 Å². The maximum absolute atomic E-state index is 12.4. The van der Waals surface area contributed by atoms with Crippen LogP contribution in [0.15, 0.2) is 53.3 Å². The summed E-state index contributed by atoms with van der Waals surface area (Å²) in [6, 6.07) is 12.2. The van der Waals surface area contributed by atoms with Crippen molar-refractivity contribution in [2.75, 3.05) is 24.6 Å². The molecule has 0 saturated carbocycles. The lowest BCUT2D eigenvalue weighted by molar-refractivity contribution is -0.138. The molecule has 8 nitrogen and oxygen atoms in total. The number of esters is 1. The van der Waals surface area contributed by atoms with E-state index in [0.29, 0.717) is 24.2 Å². The van der Waals surface area contributed by atoms with E-state index >= 15 is 0 Å². The molecule has 0 aromatic heterocycles. The molecule has 1 aliphatic heterocycles. The minimum Gasteiger partial charge on any atom is -0.460 e. The molecule has 2 rings (SSSR count). The van der Waals surface area contributed by atoms with E-state index in [9.17, 15) is 14.9 Å². The van der Waals surface area contributed by atoms with Crippen LogP contribution in [0.5, 0.6) is 0 Å². The van der Waals surface area contributed by atoms with Crippen molar-refractivity contribution in [2.24, 2.45) is 0 Å². The van der Waals surface area contributed by atoms with Crippen LogP contribution in [0, 0.1) is 34.0 Å². The molecule has 8 heteroatoms. The standard InChI is InChI=1S/C22H19N5O3/c1-4-27(9-10-30-22(29)14(2)3)17-7-5-15(6-8-17)19-18(13-25)20(26-21(19)28)16(11-23)12-24/h5-8H,2,4,9-10H2,1,3H3,(H,26,28). The molecule has 1 N–H and O–H groups in total. The smallest absolute Gasteiger partial charge is 0.333 e. The molecular weight excluding hydrogens is 382 g/mol. The van der Waals surface area contributed by atoms with Crippen molar-refractivity contribution in [1.82, 2.24) is 5.32 Å². The lowest BCUT2D eigenvalue weighted by Gasteiger charge is -2.23. The minimum absolute atomic E-state index is 0.0371. The fraction of sp³-hybridized carbons (Fsp3) is 0.227. The molecule has 1 aromatic carbocycles. The molecule has 0 aliphatic carbocycles. The highest BCUT2D eigenvalue weighted by Gasteiger charge is 2.31. The molecule has 1 amide bonds. The zero-order chi connectivity index (χ0) is 22.3. The summed E-state index contributed by atoms with van der Waals surface area (Å²) in [4.78, 5) is 25.9. The lowest BCUT2D eigenvalue weighted by atomic mass is 9.99. The summed E-state index contributed by atoms with van der Waals surface area (Å²) in [5.74, 6) is -0.987. The van der Waals surface area contributed by atoms with Crippen LogP contribution in [0.3, 0.4) is 0 Å². The first kappa shape index (κ1) is 21.9.